The molecule has 2 saturated carbocycles. The van der Waals surface area contributed by atoms with E-state index < -0.39 is 0 Å². The Bertz CT molecular complexity index is 266. The van der Waals surface area contributed by atoms with Crippen molar-refractivity contribution in [2.24, 2.45) is 11.8 Å². The van der Waals surface area contributed by atoms with Crippen LogP contribution in [0, 0.1) is 11.8 Å². The van der Waals surface area contributed by atoms with E-state index in [9.17, 15) is 0 Å². The van der Waals surface area contributed by atoms with E-state index in [0.717, 1.165) is 23.9 Å². The van der Waals surface area contributed by atoms with Gasteiger partial charge < -0.3 is 5.32 Å². The number of nitrogens with zero attached hydrogens (tertiary/aromatic N) is 1. The van der Waals surface area contributed by atoms with Crippen molar-refractivity contribution in [2.75, 3.05) is 20.1 Å². The van der Waals surface area contributed by atoms with Crippen LogP contribution in [0.1, 0.15) is 57.8 Å². The van der Waals surface area contributed by atoms with Crippen molar-refractivity contribution in [1.82, 2.24) is 10.2 Å². The molecule has 1 aliphatic heterocycles. The van der Waals surface area contributed by atoms with Crippen LogP contribution in [-0.2, 0) is 0 Å². The maximum absolute atomic E-state index is 3.57. The van der Waals surface area contributed by atoms with Crippen molar-refractivity contribution in [1.29, 1.82) is 0 Å². The Kier molecular flexibility index (Phi) is 4.25. The van der Waals surface area contributed by atoms with Crippen molar-refractivity contribution in [3.05, 3.63) is 0 Å². The number of likely N-dealkylation sites (tertiary alicyclic amines) is 1. The normalized spacial score (nSPS) is 41.8. The minimum Gasteiger partial charge on any atom is -0.317 e. The fraction of sp³-hybridized carbons (Fsp3) is 1.00. The van der Waals surface area contributed by atoms with Crippen molar-refractivity contribution in [2.45, 2.75) is 69.9 Å². The van der Waals surface area contributed by atoms with Gasteiger partial charge in [0.15, 0.2) is 0 Å². The van der Waals surface area contributed by atoms with Gasteiger partial charge in [0.25, 0.3) is 0 Å². The van der Waals surface area contributed by atoms with Gasteiger partial charge in [0.05, 0.1) is 0 Å². The first kappa shape index (κ1) is 12.9. The van der Waals surface area contributed by atoms with Crippen molar-refractivity contribution >= 4 is 0 Å². The van der Waals surface area contributed by atoms with Crippen LogP contribution in [0.5, 0.6) is 0 Å². The van der Waals surface area contributed by atoms with E-state index in [4.69, 9.17) is 0 Å². The number of nitrogens with one attached hydrogen (secondary N) is 1. The molecule has 4 atom stereocenters. The second-order valence-corrected chi connectivity index (χ2v) is 6.84. The summed E-state index contributed by atoms with van der Waals surface area (Å²) < 4.78 is 0. The highest BCUT2D eigenvalue weighted by Crippen LogP contribution is 2.37. The summed E-state index contributed by atoms with van der Waals surface area (Å²) >= 11 is 0. The Morgan fingerprint density at radius 2 is 1.72 bits per heavy atom. The smallest absolute Gasteiger partial charge is 0.0124 e. The average molecular weight is 250 g/mol. The number of rotatable bonds is 3. The first-order chi connectivity index (χ1) is 8.88. The van der Waals surface area contributed by atoms with Gasteiger partial charge in [-0.2, -0.15) is 0 Å². The van der Waals surface area contributed by atoms with E-state index in [1.165, 1.54) is 70.9 Å². The fourth-order valence-electron chi connectivity index (χ4n) is 4.84. The maximum atomic E-state index is 3.57. The lowest BCUT2D eigenvalue weighted by Gasteiger charge is -2.38. The summed E-state index contributed by atoms with van der Waals surface area (Å²) in [6.07, 6.45) is 13.2. The predicted molar refractivity (Wildman–Crippen MR) is 76.7 cm³/mol. The summed E-state index contributed by atoms with van der Waals surface area (Å²) in [4.78, 5) is 2.87. The summed E-state index contributed by atoms with van der Waals surface area (Å²) in [6.45, 7) is 2.77. The quantitative estimate of drug-likeness (QED) is 0.828. The van der Waals surface area contributed by atoms with Crippen LogP contribution >= 0.6 is 0 Å². The van der Waals surface area contributed by atoms with E-state index in [-0.39, 0.29) is 0 Å². The largest absolute Gasteiger partial charge is 0.317 e. The number of fused-ring (bicyclic) bond motifs is 1. The summed E-state index contributed by atoms with van der Waals surface area (Å²) in [6, 6.07) is 1.75. The molecule has 2 heteroatoms. The van der Waals surface area contributed by atoms with Crippen molar-refractivity contribution in [3.63, 3.8) is 0 Å². The highest BCUT2D eigenvalue weighted by Gasteiger charge is 2.37. The highest BCUT2D eigenvalue weighted by atomic mass is 15.2. The molecular weight excluding hydrogens is 220 g/mol. The van der Waals surface area contributed by atoms with Crippen LogP contribution in [0.25, 0.3) is 0 Å². The molecule has 0 aromatic rings. The second kappa shape index (κ2) is 5.92. The molecule has 3 fully saturated rings. The highest BCUT2D eigenvalue weighted by molar-refractivity contribution is 4.92. The third kappa shape index (κ3) is 2.60. The van der Waals surface area contributed by atoms with Crippen LogP contribution in [0.15, 0.2) is 0 Å². The number of hydrogen-bond acceptors (Lipinski definition) is 2. The third-order valence-electron chi connectivity index (χ3n) is 5.87. The van der Waals surface area contributed by atoms with Gasteiger partial charge in [-0.1, -0.05) is 25.7 Å². The number of hydrogen-bond donors (Lipinski definition) is 1. The van der Waals surface area contributed by atoms with Crippen LogP contribution in [0.4, 0.5) is 0 Å². The minimum absolute atomic E-state index is 0.793. The molecule has 0 bridgehead atoms. The molecule has 0 spiro atoms. The minimum atomic E-state index is 0.793. The maximum Gasteiger partial charge on any atom is 0.0124 e. The van der Waals surface area contributed by atoms with Gasteiger partial charge in [-0.05, 0) is 57.5 Å². The lowest BCUT2D eigenvalue weighted by atomic mass is 9.82. The van der Waals surface area contributed by atoms with Crippen LogP contribution < -0.4 is 5.32 Å². The molecule has 2 nitrogen and oxygen atoms in total. The van der Waals surface area contributed by atoms with E-state index in [0.29, 0.717) is 0 Å². The van der Waals surface area contributed by atoms with Gasteiger partial charge in [-0.25, -0.2) is 0 Å². The lowest BCUT2D eigenvalue weighted by molar-refractivity contribution is 0.130. The molecule has 1 heterocycles. The molecule has 1 N–H and O–H groups in total. The Balaban J connectivity index is 1.58. The first-order valence-electron chi connectivity index (χ1n) is 8.30. The summed E-state index contributed by atoms with van der Waals surface area (Å²) in [5.41, 5.74) is 0. The molecule has 104 valence electrons. The molecular formula is C16H30N2. The van der Waals surface area contributed by atoms with E-state index in [1.807, 2.05) is 0 Å². The van der Waals surface area contributed by atoms with E-state index in [2.05, 4.69) is 17.3 Å². The molecule has 0 radical (unpaired) electrons. The standard InChI is InChI=1S/C16H30N2/c1-17-15-8-4-2-7-14(15)12-18-11-10-13-6-3-5-9-16(13)18/h13-17H,2-12H2,1H3. The van der Waals surface area contributed by atoms with Gasteiger partial charge in [0, 0.05) is 18.6 Å². The Labute approximate surface area is 113 Å². The zero-order chi connectivity index (χ0) is 12.4. The van der Waals surface area contributed by atoms with E-state index in [1.54, 1.807) is 0 Å². The topological polar surface area (TPSA) is 15.3 Å². The summed E-state index contributed by atoms with van der Waals surface area (Å²) in [7, 11) is 2.16. The Morgan fingerprint density at radius 3 is 2.61 bits per heavy atom. The van der Waals surface area contributed by atoms with Crippen molar-refractivity contribution in [3.8, 4) is 0 Å². The van der Waals surface area contributed by atoms with Gasteiger partial charge in [-0.15, -0.1) is 0 Å². The van der Waals surface area contributed by atoms with Gasteiger partial charge in [-0.3, -0.25) is 4.90 Å². The first-order valence-corrected chi connectivity index (χ1v) is 8.30. The molecule has 4 unspecified atom stereocenters. The summed E-state index contributed by atoms with van der Waals surface area (Å²) in [5, 5.41) is 3.57. The average Bonchev–Trinajstić information content (AvgIpc) is 2.83. The lowest BCUT2D eigenvalue weighted by Crippen LogP contribution is -2.45. The molecule has 0 aromatic carbocycles. The van der Waals surface area contributed by atoms with Crippen molar-refractivity contribution < 1.29 is 0 Å². The summed E-state index contributed by atoms with van der Waals surface area (Å²) in [5.74, 6) is 1.97. The second-order valence-electron chi connectivity index (χ2n) is 6.84. The van der Waals surface area contributed by atoms with Crippen LogP contribution in [0.2, 0.25) is 0 Å². The molecule has 0 aromatic heterocycles. The van der Waals surface area contributed by atoms with E-state index >= 15 is 0 Å². The third-order valence-corrected chi connectivity index (χ3v) is 5.87. The Hall–Kier alpha value is -0.0800. The molecule has 3 rings (SSSR count). The fourth-order valence-corrected chi connectivity index (χ4v) is 4.84. The SMILES string of the molecule is CNC1CCCCC1CN1CCC2CCCCC21. The molecule has 18 heavy (non-hydrogen) atoms. The predicted octanol–water partition coefficient (Wildman–Crippen LogP) is 3.03. The van der Waals surface area contributed by atoms with Gasteiger partial charge in [0.1, 0.15) is 0 Å². The van der Waals surface area contributed by atoms with Crippen LogP contribution in [0.3, 0.4) is 0 Å². The Morgan fingerprint density at radius 1 is 0.944 bits per heavy atom. The van der Waals surface area contributed by atoms with Gasteiger partial charge in [0.2, 0.25) is 0 Å². The zero-order valence-corrected chi connectivity index (χ0v) is 12.0. The molecule has 1 saturated heterocycles. The molecule has 2 aliphatic carbocycles. The van der Waals surface area contributed by atoms with Gasteiger partial charge >= 0.3 is 0 Å². The zero-order valence-electron chi connectivity index (χ0n) is 12.0. The molecule has 3 aliphatic rings. The molecule has 0 amide bonds. The van der Waals surface area contributed by atoms with Crippen LogP contribution in [-0.4, -0.2) is 37.1 Å². The monoisotopic (exact) mass is 250 g/mol.